The monoisotopic (exact) mass is 299 g/mol. The van der Waals surface area contributed by atoms with Crippen molar-refractivity contribution in [1.82, 2.24) is 0 Å². The first-order valence-corrected chi connectivity index (χ1v) is 6.41. The maximum absolute atomic E-state index is 12.0. The fraction of sp³-hybridized carbons (Fsp3) is 0.385. The van der Waals surface area contributed by atoms with Gasteiger partial charge in [-0.3, -0.25) is 4.79 Å². The molecular weight excluding hydrogens is 286 g/mol. The van der Waals surface area contributed by atoms with Crippen molar-refractivity contribution in [1.29, 1.82) is 0 Å². The average Bonchev–Trinajstić information content (AvgIpc) is 2.89. The van der Waals surface area contributed by atoms with E-state index in [1.54, 1.807) is 18.2 Å². The second-order valence-corrected chi connectivity index (χ2v) is 4.80. The second kappa shape index (κ2) is 6.11. The average molecular weight is 300 g/mol. The Morgan fingerprint density at radius 2 is 2.10 bits per heavy atom. The van der Waals surface area contributed by atoms with Gasteiger partial charge in [0.15, 0.2) is 6.10 Å². The van der Waals surface area contributed by atoms with Crippen LogP contribution in [0.1, 0.15) is 12.8 Å². The van der Waals surface area contributed by atoms with Gasteiger partial charge in [0, 0.05) is 5.02 Å². The summed E-state index contributed by atoms with van der Waals surface area (Å²) in [6, 6.07) is 4.83. The Bertz CT molecular complexity index is 533. The lowest BCUT2D eigenvalue weighted by molar-refractivity contribution is -0.150. The minimum Gasteiger partial charge on any atom is -0.495 e. The number of carboxylic acids is 1. The molecule has 1 aliphatic rings. The molecule has 0 bridgehead atoms. The number of aliphatic carboxylic acids is 1. The van der Waals surface area contributed by atoms with Crippen molar-refractivity contribution < 1.29 is 24.2 Å². The number of anilines is 1. The van der Waals surface area contributed by atoms with Gasteiger partial charge in [-0.1, -0.05) is 11.6 Å². The van der Waals surface area contributed by atoms with Crippen LogP contribution in [-0.4, -0.2) is 36.3 Å². The minimum atomic E-state index is -1.05. The van der Waals surface area contributed by atoms with E-state index in [1.807, 2.05) is 0 Å². The number of hydrogen-bond acceptors (Lipinski definition) is 4. The molecule has 6 nitrogen and oxygen atoms in total. The van der Waals surface area contributed by atoms with Crippen molar-refractivity contribution in [2.45, 2.75) is 25.0 Å². The summed E-state index contributed by atoms with van der Waals surface area (Å²) in [6.45, 7) is 0. The summed E-state index contributed by atoms with van der Waals surface area (Å²) >= 11 is 5.87. The van der Waals surface area contributed by atoms with E-state index in [0.29, 0.717) is 29.3 Å². The molecule has 1 aromatic carbocycles. The Morgan fingerprint density at radius 3 is 2.70 bits per heavy atom. The zero-order valence-corrected chi connectivity index (χ0v) is 11.5. The van der Waals surface area contributed by atoms with Crippen molar-refractivity contribution in [3.63, 3.8) is 0 Å². The topological polar surface area (TPSA) is 84.9 Å². The van der Waals surface area contributed by atoms with E-state index >= 15 is 0 Å². The van der Waals surface area contributed by atoms with Gasteiger partial charge in [-0.2, -0.15) is 0 Å². The number of ether oxygens (including phenoxy) is 2. The molecule has 1 aromatic rings. The smallest absolute Gasteiger partial charge is 0.332 e. The fourth-order valence-corrected chi connectivity index (χ4v) is 2.17. The minimum absolute atomic E-state index is 0.320. The molecule has 0 aliphatic carbocycles. The molecule has 1 fully saturated rings. The zero-order valence-electron chi connectivity index (χ0n) is 10.8. The van der Waals surface area contributed by atoms with Gasteiger partial charge in [0.25, 0.3) is 5.91 Å². The molecular formula is C13H14ClNO5. The molecule has 2 atom stereocenters. The van der Waals surface area contributed by atoms with Crippen LogP contribution < -0.4 is 10.1 Å². The Balaban J connectivity index is 2.05. The molecule has 1 saturated heterocycles. The summed E-state index contributed by atoms with van der Waals surface area (Å²) in [5.74, 6) is -0.995. The highest BCUT2D eigenvalue weighted by molar-refractivity contribution is 6.31. The predicted molar refractivity (Wildman–Crippen MR) is 72.2 cm³/mol. The Kier molecular flexibility index (Phi) is 4.46. The third-order valence-corrected chi connectivity index (χ3v) is 3.24. The highest BCUT2D eigenvalue weighted by Gasteiger charge is 2.34. The first-order valence-electron chi connectivity index (χ1n) is 6.04. The molecule has 108 valence electrons. The van der Waals surface area contributed by atoms with Crippen LogP contribution in [0.5, 0.6) is 5.75 Å². The second-order valence-electron chi connectivity index (χ2n) is 4.36. The molecule has 1 aliphatic heterocycles. The fourth-order valence-electron chi connectivity index (χ4n) is 2.00. The molecule has 0 aromatic heterocycles. The van der Waals surface area contributed by atoms with Crippen molar-refractivity contribution in [3.8, 4) is 5.75 Å². The number of carboxylic acid groups (broad SMARTS) is 1. The molecule has 2 N–H and O–H groups in total. The number of methoxy groups -OCH3 is 1. The molecule has 0 unspecified atom stereocenters. The van der Waals surface area contributed by atoms with E-state index in [9.17, 15) is 9.59 Å². The lowest BCUT2D eigenvalue weighted by Gasteiger charge is -2.14. The van der Waals surface area contributed by atoms with Crippen molar-refractivity contribution in [2.75, 3.05) is 12.4 Å². The Morgan fingerprint density at radius 1 is 1.40 bits per heavy atom. The van der Waals surface area contributed by atoms with Gasteiger partial charge in [0.1, 0.15) is 11.9 Å². The third kappa shape index (κ3) is 3.20. The van der Waals surface area contributed by atoms with Gasteiger partial charge < -0.3 is 19.9 Å². The first-order chi connectivity index (χ1) is 9.51. The van der Waals surface area contributed by atoms with Crippen LogP contribution in [0.15, 0.2) is 18.2 Å². The highest BCUT2D eigenvalue weighted by Crippen LogP contribution is 2.29. The van der Waals surface area contributed by atoms with Crippen LogP contribution in [0.25, 0.3) is 0 Å². The van der Waals surface area contributed by atoms with Crippen LogP contribution in [0.4, 0.5) is 5.69 Å². The van der Waals surface area contributed by atoms with E-state index < -0.39 is 24.1 Å². The molecule has 0 radical (unpaired) electrons. The van der Waals surface area contributed by atoms with Crippen molar-refractivity contribution in [3.05, 3.63) is 23.2 Å². The van der Waals surface area contributed by atoms with Crippen LogP contribution >= 0.6 is 11.6 Å². The van der Waals surface area contributed by atoms with Crippen LogP contribution in [0.2, 0.25) is 5.02 Å². The normalized spacial score (nSPS) is 21.5. The maximum Gasteiger partial charge on any atom is 0.332 e. The van der Waals surface area contributed by atoms with Crippen molar-refractivity contribution in [2.24, 2.45) is 0 Å². The molecule has 1 heterocycles. The number of carbonyl (C=O) groups excluding carboxylic acids is 1. The predicted octanol–water partition coefficient (Wildman–Crippen LogP) is 1.92. The third-order valence-electron chi connectivity index (χ3n) is 3.01. The number of amides is 1. The Labute approximate surface area is 120 Å². The van der Waals surface area contributed by atoms with Gasteiger partial charge in [-0.05, 0) is 31.0 Å². The van der Waals surface area contributed by atoms with Crippen LogP contribution in [-0.2, 0) is 14.3 Å². The van der Waals surface area contributed by atoms with E-state index in [2.05, 4.69) is 5.32 Å². The van der Waals surface area contributed by atoms with Gasteiger partial charge >= 0.3 is 5.97 Å². The van der Waals surface area contributed by atoms with Gasteiger partial charge in [-0.15, -0.1) is 0 Å². The lowest BCUT2D eigenvalue weighted by atomic mass is 10.2. The molecule has 2 rings (SSSR count). The number of hydrogen-bond donors (Lipinski definition) is 2. The lowest BCUT2D eigenvalue weighted by Crippen LogP contribution is -2.30. The van der Waals surface area contributed by atoms with E-state index in [-0.39, 0.29) is 0 Å². The number of nitrogens with one attached hydrogen (secondary N) is 1. The van der Waals surface area contributed by atoms with Crippen molar-refractivity contribution >= 4 is 29.2 Å². The number of rotatable bonds is 4. The maximum atomic E-state index is 12.0. The van der Waals surface area contributed by atoms with Gasteiger partial charge in [-0.25, -0.2) is 4.79 Å². The number of halogens is 1. The largest absolute Gasteiger partial charge is 0.495 e. The van der Waals surface area contributed by atoms with Crippen LogP contribution in [0, 0.1) is 0 Å². The molecule has 0 spiro atoms. The zero-order chi connectivity index (χ0) is 14.7. The van der Waals surface area contributed by atoms with E-state index in [1.165, 1.54) is 7.11 Å². The molecule has 0 saturated carbocycles. The summed E-state index contributed by atoms with van der Waals surface area (Å²) in [6.07, 6.45) is -1.02. The summed E-state index contributed by atoms with van der Waals surface area (Å²) in [7, 11) is 1.48. The van der Waals surface area contributed by atoms with Gasteiger partial charge in [0.2, 0.25) is 0 Å². The van der Waals surface area contributed by atoms with E-state index in [4.69, 9.17) is 26.2 Å². The number of benzene rings is 1. The summed E-state index contributed by atoms with van der Waals surface area (Å²) in [5, 5.41) is 11.9. The van der Waals surface area contributed by atoms with Crippen LogP contribution in [0.3, 0.4) is 0 Å². The standard InChI is InChI=1S/C13H14ClNO5/c1-19-9-3-2-7(14)6-8(9)15-12(16)10-4-5-11(20-10)13(17)18/h2-3,6,10-11H,4-5H2,1H3,(H,15,16)(H,17,18)/t10-,11+/m0/s1. The Hall–Kier alpha value is -1.79. The molecule has 20 heavy (non-hydrogen) atoms. The SMILES string of the molecule is COc1ccc(Cl)cc1NC(=O)[C@@H]1CC[C@H](C(=O)O)O1. The first kappa shape index (κ1) is 14.6. The quantitative estimate of drug-likeness (QED) is 0.887. The summed E-state index contributed by atoms with van der Waals surface area (Å²) < 4.78 is 10.3. The molecule has 7 heteroatoms. The summed E-state index contributed by atoms with van der Waals surface area (Å²) in [5.41, 5.74) is 0.423. The number of carbonyl (C=O) groups is 2. The molecule has 1 amide bonds. The van der Waals surface area contributed by atoms with Gasteiger partial charge in [0.05, 0.1) is 12.8 Å². The highest BCUT2D eigenvalue weighted by atomic mass is 35.5. The summed E-state index contributed by atoms with van der Waals surface area (Å²) in [4.78, 5) is 22.8. The van der Waals surface area contributed by atoms with E-state index in [0.717, 1.165) is 0 Å².